The molecule has 1 amide bonds. The van der Waals surface area contributed by atoms with Gasteiger partial charge in [-0.3, -0.25) is 15.1 Å². The van der Waals surface area contributed by atoms with Crippen molar-refractivity contribution in [2.75, 3.05) is 42.3 Å². The molecule has 184 valence electrons. The van der Waals surface area contributed by atoms with Gasteiger partial charge in [0.2, 0.25) is 5.95 Å². The summed E-state index contributed by atoms with van der Waals surface area (Å²) < 4.78 is 5.52. The van der Waals surface area contributed by atoms with Crippen molar-refractivity contribution in [2.24, 2.45) is 0 Å². The SMILES string of the molecule is Nc1ncc(-c2nc(N3CCOCC3)c3ncc(-c4ccc(C(=O)Nc5nccs5)cc4)cc3n2)cn1. The van der Waals surface area contributed by atoms with Crippen molar-refractivity contribution >= 4 is 45.2 Å². The molecule has 3 N–H and O–H groups in total. The molecular weight excluding hydrogens is 490 g/mol. The average Bonchev–Trinajstić information content (AvgIpc) is 3.46. The lowest BCUT2D eigenvalue weighted by Gasteiger charge is -2.28. The maximum absolute atomic E-state index is 12.5. The van der Waals surface area contributed by atoms with Gasteiger partial charge in [0, 0.05) is 54.4 Å². The summed E-state index contributed by atoms with van der Waals surface area (Å²) in [5, 5.41) is 5.16. The number of benzene rings is 1. The lowest BCUT2D eigenvalue weighted by Crippen LogP contribution is -2.37. The number of nitrogens with one attached hydrogen (secondary N) is 1. The van der Waals surface area contributed by atoms with Crippen molar-refractivity contribution in [3.05, 3.63) is 66.1 Å². The zero-order valence-corrected chi connectivity index (χ0v) is 20.4. The van der Waals surface area contributed by atoms with E-state index in [1.165, 1.54) is 11.3 Å². The molecule has 5 aromatic rings. The molecule has 0 saturated carbocycles. The van der Waals surface area contributed by atoms with E-state index >= 15 is 0 Å². The molecule has 1 aliphatic rings. The van der Waals surface area contributed by atoms with Crippen LogP contribution >= 0.6 is 11.3 Å². The number of fused-ring (bicyclic) bond motifs is 1. The first-order chi connectivity index (χ1) is 18.1. The summed E-state index contributed by atoms with van der Waals surface area (Å²) in [4.78, 5) is 41.3. The second-order valence-corrected chi connectivity index (χ2v) is 9.16. The van der Waals surface area contributed by atoms with Crippen LogP contribution in [0.3, 0.4) is 0 Å². The number of carbonyl (C=O) groups is 1. The normalized spacial score (nSPS) is 13.6. The number of aromatic nitrogens is 6. The van der Waals surface area contributed by atoms with Gasteiger partial charge in [0.05, 0.1) is 24.3 Å². The van der Waals surface area contributed by atoms with Crippen molar-refractivity contribution in [2.45, 2.75) is 0 Å². The molecule has 0 bridgehead atoms. The molecule has 37 heavy (non-hydrogen) atoms. The Hall–Kier alpha value is -4.55. The molecule has 0 radical (unpaired) electrons. The van der Waals surface area contributed by atoms with Gasteiger partial charge in [0.15, 0.2) is 16.8 Å². The summed E-state index contributed by atoms with van der Waals surface area (Å²) in [6.07, 6.45) is 6.67. The topological polar surface area (TPSA) is 145 Å². The number of thiazole rings is 1. The zero-order valence-electron chi connectivity index (χ0n) is 19.5. The predicted octanol–water partition coefficient (Wildman–Crippen LogP) is 3.28. The first kappa shape index (κ1) is 22.9. The maximum atomic E-state index is 12.5. The van der Waals surface area contributed by atoms with E-state index in [4.69, 9.17) is 25.4 Å². The standard InChI is InChI=1S/C25H21N9O2S/c26-24-29-13-18(14-30-24)21-31-19-11-17(12-28-20(19)22(32-21)34-6-8-36-9-7-34)15-1-3-16(4-2-15)23(35)33-25-27-5-10-37-25/h1-5,10-14H,6-9H2,(H2,26,29,30)(H,27,33,35). The lowest BCUT2D eigenvalue weighted by molar-refractivity contribution is 0.102. The molecule has 11 nitrogen and oxygen atoms in total. The summed E-state index contributed by atoms with van der Waals surface area (Å²) in [5.74, 6) is 1.20. The van der Waals surface area contributed by atoms with Crippen LogP contribution in [0, 0.1) is 0 Å². The molecule has 0 spiro atoms. The average molecular weight is 512 g/mol. The third kappa shape index (κ3) is 4.79. The van der Waals surface area contributed by atoms with E-state index in [1.807, 2.05) is 23.6 Å². The van der Waals surface area contributed by atoms with Crippen molar-refractivity contribution in [1.29, 1.82) is 0 Å². The van der Waals surface area contributed by atoms with Crippen molar-refractivity contribution < 1.29 is 9.53 Å². The highest BCUT2D eigenvalue weighted by molar-refractivity contribution is 7.13. The second-order valence-electron chi connectivity index (χ2n) is 8.26. The molecular formula is C25H21N9O2S. The number of anilines is 3. The van der Waals surface area contributed by atoms with Crippen molar-refractivity contribution in [3.8, 4) is 22.5 Å². The molecule has 12 heteroatoms. The van der Waals surface area contributed by atoms with E-state index in [0.29, 0.717) is 59.4 Å². The van der Waals surface area contributed by atoms with Crippen LogP contribution in [-0.4, -0.2) is 62.1 Å². The number of amides is 1. The molecule has 1 aromatic carbocycles. The van der Waals surface area contributed by atoms with Crippen LogP contribution in [0.15, 0.2) is 60.5 Å². The number of morpholine rings is 1. The smallest absolute Gasteiger partial charge is 0.257 e. The van der Waals surface area contributed by atoms with E-state index < -0.39 is 0 Å². The Morgan fingerprint density at radius 2 is 1.70 bits per heavy atom. The molecule has 6 rings (SSSR count). The molecule has 0 unspecified atom stereocenters. The largest absolute Gasteiger partial charge is 0.378 e. The Kier molecular flexibility index (Phi) is 6.08. The lowest BCUT2D eigenvalue weighted by atomic mass is 10.0. The van der Waals surface area contributed by atoms with Gasteiger partial charge in [-0.25, -0.2) is 24.9 Å². The Labute approximate surface area is 215 Å². The van der Waals surface area contributed by atoms with Gasteiger partial charge in [-0.05, 0) is 23.8 Å². The van der Waals surface area contributed by atoms with Crippen molar-refractivity contribution in [3.63, 3.8) is 0 Å². The number of pyridine rings is 1. The minimum Gasteiger partial charge on any atom is -0.378 e. The number of nitrogens with zero attached hydrogens (tertiary/aromatic N) is 7. The number of ether oxygens (including phenoxy) is 1. The first-order valence-corrected chi connectivity index (χ1v) is 12.4. The van der Waals surface area contributed by atoms with E-state index in [9.17, 15) is 4.79 Å². The van der Waals surface area contributed by atoms with E-state index in [-0.39, 0.29) is 11.9 Å². The molecule has 1 aliphatic heterocycles. The summed E-state index contributed by atoms with van der Waals surface area (Å²) in [5.41, 5.74) is 10.0. The number of hydrogen-bond acceptors (Lipinski definition) is 11. The maximum Gasteiger partial charge on any atom is 0.257 e. The number of carbonyl (C=O) groups excluding carboxylic acids is 1. The number of hydrogen-bond donors (Lipinski definition) is 2. The van der Waals surface area contributed by atoms with Gasteiger partial charge < -0.3 is 15.4 Å². The molecule has 0 aliphatic carbocycles. The minimum atomic E-state index is -0.212. The monoisotopic (exact) mass is 511 g/mol. The van der Waals surface area contributed by atoms with Gasteiger partial charge >= 0.3 is 0 Å². The zero-order chi connectivity index (χ0) is 25.2. The van der Waals surface area contributed by atoms with Crippen LogP contribution in [0.1, 0.15) is 10.4 Å². The Bertz CT molecular complexity index is 1550. The van der Waals surface area contributed by atoms with E-state index in [1.54, 1.807) is 36.9 Å². The molecule has 1 saturated heterocycles. The molecule has 0 atom stereocenters. The fourth-order valence-electron chi connectivity index (χ4n) is 4.01. The summed E-state index contributed by atoms with van der Waals surface area (Å²) >= 11 is 1.37. The molecule has 5 heterocycles. The number of rotatable bonds is 5. The summed E-state index contributed by atoms with van der Waals surface area (Å²) in [7, 11) is 0. The Balaban J connectivity index is 1.37. The fourth-order valence-corrected chi connectivity index (χ4v) is 4.53. The number of nitrogens with two attached hydrogens (primary N) is 1. The highest BCUT2D eigenvalue weighted by Gasteiger charge is 2.20. The van der Waals surface area contributed by atoms with Crippen LogP contribution in [0.4, 0.5) is 16.9 Å². The van der Waals surface area contributed by atoms with Crippen molar-refractivity contribution in [1.82, 2.24) is 29.9 Å². The fraction of sp³-hybridized carbons (Fsp3) is 0.160. The van der Waals surface area contributed by atoms with E-state index in [0.717, 1.165) is 16.9 Å². The van der Waals surface area contributed by atoms with Crippen LogP contribution in [0.5, 0.6) is 0 Å². The number of nitrogen functional groups attached to an aromatic ring is 1. The third-order valence-corrected chi connectivity index (χ3v) is 6.58. The van der Waals surface area contributed by atoms with Gasteiger partial charge in [-0.1, -0.05) is 12.1 Å². The highest BCUT2D eigenvalue weighted by atomic mass is 32.1. The first-order valence-electron chi connectivity index (χ1n) is 11.5. The van der Waals surface area contributed by atoms with Crippen LogP contribution < -0.4 is 16.0 Å². The molecule has 4 aromatic heterocycles. The predicted molar refractivity (Wildman–Crippen MR) is 141 cm³/mol. The van der Waals surface area contributed by atoms with Crippen LogP contribution in [-0.2, 0) is 4.74 Å². The molecule has 1 fully saturated rings. The van der Waals surface area contributed by atoms with Crippen LogP contribution in [0.25, 0.3) is 33.5 Å². The quantitative estimate of drug-likeness (QED) is 0.360. The highest BCUT2D eigenvalue weighted by Crippen LogP contribution is 2.30. The third-order valence-electron chi connectivity index (χ3n) is 5.89. The minimum absolute atomic E-state index is 0.186. The van der Waals surface area contributed by atoms with Gasteiger partial charge in [-0.2, -0.15) is 0 Å². The second kappa shape index (κ2) is 9.84. The Morgan fingerprint density at radius 1 is 0.946 bits per heavy atom. The Morgan fingerprint density at radius 3 is 2.43 bits per heavy atom. The van der Waals surface area contributed by atoms with Crippen LogP contribution in [0.2, 0.25) is 0 Å². The van der Waals surface area contributed by atoms with E-state index in [2.05, 4.69) is 25.2 Å². The summed E-state index contributed by atoms with van der Waals surface area (Å²) in [6, 6.07) is 9.30. The summed E-state index contributed by atoms with van der Waals surface area (Å²) in [6.45, 7) is 2.65. The van der Waals surface area contributed by atoms with Gasteiger partial charge in [-0.15, -0.1) is 11.3 Å². The van der Waals surface area contributed by atoms with Gasteiger partial charge in [0.25, 0.3) is 5.91 Å². The van der Waals surface area contributed by atoms with Gasteiger partial charge in [0.1, 0.15) is 5.52 Å².